The second-order valence-corrected chi connectivity index (χ2v) is 8.33. The number of rotatable bonds is 11. The lowest BCUT2D eigenvalue weighted by Crippen LogP contribution is -2.21. The number of hydrazone groups is 1. The first-order chi connectivity index (χ1) is 12.5. The fourth-order valence-corrected chi connectivity index (χ4v) is 3.77. The lowest BCUT2D eigenvalue weighted by molar-refractivity contribution is 0.475. The van der Waals surface area contributed by atoms with Gasteiger partial charge in [0.15, 0.2) is 0 Å². The van der Waals surface area contributed by atoms with Gasteiger partial charge in [-0.3, -0.25) is 0 Å². The summed E-state index contributed by atoms with van der Waals surface area (Å²) in [6, 6.07) is 11.0. The van der Waals surface area contributed by atoms with Crippen molar-refractivity contribution in [3.8, 4) is 5.75 Å². The van der Waals surface area contributed by atoms with Crippen LogP contribution in [0.5, 0.6) is 5.75 Å². The molecule has 0 aliphatic heterocycles. The maximum Gasteiger partial charge on any atom is 0.247 e. The molecule has 0 spiro atoms. The molecule has 0 fully saturated rings. The molecule has 0 aliphatic rings. The Morgan fingerprint density at radius 3 is 2.46 bits per heavy atom. The molecule has 2 rings (SSSR count). The van der Waals surface area contributed by atoms with E-state index in [2.05, 4.69) is 16.9 Å². The average molecular weight is 377 g/mol. The van der Waals surface area contributed by atoms with Gasteiger partial charge >= 0.3 is 0 Å². The van der Waals surface area contributed by atoms with Gasteiger partial charge in [-0.25, -0.2) is 13.2 Å². The second kappa shape index (κ2) is 10.2. The van der Waals surface area contributed by atoms with E-state index in [1.54, 1.807) is 6.07 Å². The number of benzene rings is 2. The Morgan fingerprint density at radius 1 is 1.00 bits per heavy atom. The summed E-state index contributed by atoms with van der Waals surface area (Å²) in [5, 5.41) is 15.7. The number of hydrogen-bond donors (Lipinski definition) is 2. The summed E-state index contributed by atoms with van der Waals surface area (Å²) < 4.78 is 24.0. The molecule has 6 heteroatoms. The number of phenolic OH excluding ortho intramolecular Hbond substituents is 1. The molecule has 0 unspecified atom stereocenters. The van der Waals surface area contributed by atoms with Crippen LogP contribution >= 0.6 is 0 Å². The van der Waals surface area contributed by atoms with E-state index in [9.17, 15) is 13.5 Å². The van der Waals surface area contributed by atoms with Gasteiger partial charge in [0.1, 0.15) is 5.75 Å². The van der Waals surface area contributed by atoms with Crippen LogP contribution < -0.4 is 4.83 Å². The third kappa shape index (κ3) is 6.33. The number of sulfonamides is 1. The number of phenols is 1. The Kier molecular flexibility index (Phi) is 7.91. The van der Waals surface area contributed by atoms with Crippen molar-refractivity contribution in [3.05, 3.63) is 42.0 Å². The van der Waals surface area contributed by atoms with Crippen LogP contribution in [0.25, 0.3) is 10.8 Å². The van der Waals surface area contributed by atoms with Gasteiger partial charge < -0.3 is 5.11 Å². The molecular formula is C20H28N2O3S. The van der Waals surface area contributed by atoms with Crippen molar-refractivity contribution >= 4 is 27.0 Å². The molecule has 5 nitrogen and oxygen atoms in total. The molecular weight excluding hydrogens is 348 g/mol. The summed E-state index contributed by atoms with van der Waals surface area (Å²) in [4.78, 5) is 2.24. The fraction of sp³-hybridized carbons (Fsp3) is 0.450. The molecule has 2 N–H and O–H groups in total. The van der Waals surface area contributed by atoms with Crippen LogP contribution in [0.2, 0.25) is 0 Å². The molecule has 0 amide bonds. The van der Waals surface area contributed by atoms with Crippen molar-refractivity contribution < 1.29 is 13.5 Å². The highest BCUT2D eigenvalue weighted by atomic mass is 32.2. The van der Waals surface area contributed by atoms with E-state index in [1.807, 2.05) is 30.3 Å². The van der Waals surface area contributed by atoms with Gasteiger partial charge in [-0.05, 0) is 23.3 Å². The Labute approximate surface area is 156 Å². The van der Waals surface area contributed by atoms with Crippen LogP contribution in [-0.2, 0) is 10.0 Å². The predicted octanol–water partition coefficient (Wildman–Crippen LogP) is 4.55. The smallest absolute Gasteiger partial charge is 0.247 e. The zero-order valence-electron chi connectivity index (χ0n) is 15.3. The molecule has 142 valence electrons. The average Bonchev–Trinajstić information content (AvgIpc) is 2.63. The summed E-state index contributed by atoms with van der Waals surface area (Å²) in [7, 11) is -3.44. The molecule has 0 saturated carbocycles. The summed E-state index contributed by atoms with van der Waals surface area (Å²) in [5.74, 6) is 0.137. The Hall–Kier alpha value is -2.08. The van der Waals surface area contributed by atoms with Crippen molar-refractivity contribution in [2.45, 2.75) is 51.9 Å². The van der Waals surface area contributed by atoms with Gasteiger partial charge in [0, 0.05) is 5.56 Å². The van der Waals surface area contributed by atoms with Crippen molar-refractivity contribution in [3.63, 3.8) is 0 Å². The van der Waals surface area contributed by atoms with Crippen molar-refractivity contribution in [2.75, 3.05) is 5.75 Å². The van der Waals surface area contributed by atoms with Gasteiger partial charge in [0.05, 0.1) is 12.0 Å². The molecule has 0 atom stereocenters. The number of fused-ring (bicyclic) bond motifs is 1. The van der Waals surface area contributed by atoms with Crippen LogP contribution in [0.4, 0.5) is 0 Å². The van der Waals surface area contributed by atoms with Gasteiger partial charge in [-0.15, -0.1) is 0 Å². The molecule has 2 aromatic rings. The number of hydrogen-bond acceptors (Lipinski definition) is 4. The highest BCUT2D eigenvalue weighted by Gasteiger charge is 2.09. The zero-order valence-corrected chi connectivity index (χ0v) is 16.1. The second-order valence-electron chi connectivity index (χ2n) is 6.51. The summed E-state index contributed by atoms with van der Waals surface area (Å²) in [6.45, 7) is 2.18. The van der Waals surface area contributed by atoms with E-state index in [0.717, 1.165) is 23.6 Å². The van der Waals surface area contributed by atoms with E-state index in [1.165, 1.54) is 31.9 Å². The van der Waals surface area contributed by atoms with E-state index < -0.39 is 10.0 Å². The highest BCUT2D eigenvalue weighted by molar-refractivity contribution is 7.89. The third-order valence-electron chi connectivity index (χ3n) is 4.35. The summed E-state index contributed by atoms with van der Waals surface area (Å²) in [5.41, 5.74) is 0.502. The maximum absolute atomic E-state index is 12.0. The SMILES string of the molecule is CCCCCCCCCS(=O)(=O)N/N=C\c1c(O)ccc2ccccc12. The molecule has 0 bridgehead atoms. The first-order valence-electron chi connectivity index (χ1n) is 9.27. The molecule has 0 saturated heterocycles. The van der Waals surface area contributed by atoms with Crippen LogP contribution in [0, 0.1) is 0 Å². The Bertz CT molecular complexity index is 832. The molecule has 0 radical (unpaired) electrons. The summed E-state index contributed by atoms with van der Waals surface area (Å²) >= 11 is 0. The fourth-order valence-electron chi connectivity index (χ4n) is 2.89. The monoisotopic (exact) mass is 376 g/mol. The van der Waals surface area contributed by atoms with Crippen molar-refractivity contribution in [1.29, 1.82) is 0 Å². The maximum atomic E-state index is 12.0. The minimum Gasteiger partial charge on any atom is -0.507 e. The largest absolute Gasteiger partial charge is 0.507 e. The van der Waals surface area contributed by atoms with Crippen LogP contribution in [-0.4, -0.2) is 25.5 Å². The van der Waals surface area contributed by atoms with E-state index in [0.29, 0.717) is 12.0 Å². The van der Waals surface area contributed by atoms with Crippen molar-refractivity contribution in [2.24, 2.45) is 5.10 Å². The lowest BCUT2D eigenvalue weighted by atomic mass is 10.0. The molecule has 0 heterocycles. The van der Waals surface area contributed by atoms with Crippen molar-refractivity contribution in [1.82, 2.24) is 4.83 Å². The molecule has 0 aromatic heterocycles. The molecule has 0 aliphatic carbocycles. The predicted molar refractivity (Wildman–Crippen MR) is 108 cm³/mol. The number of unbranched alkanes of at least 4 members (excludes halogenated alkanes) is 6. The first-order valence-corrected chi connectivity index (χ1v) is 10.9. The molecule has 2 aromatic carbocycles. The first kappa shape index (κ1) is 20.2. The third-order valence-corrected chi connectivity index (χ3v) is 5.56. The topological polar surface area (TPSA) is 78.8 Å². The van der Waals surface area contributed by atoms with E-state index >= 15 is 0 Å². The standard InChI is InChI=1S/C20H28N2O3S/c1-2-3-4-5-6-7-10-15-26(24,25)22-21-16-19-18-12-9-8-11-17(18)13-14-20(19)23/h8-9,11-14,16,22-23H,2-7,10,15H2,1H3/b21-16-. The Balaban J connectivity index is 1.86. The van der Waals surface area contributed by atoms with Gasteiger partial charge in [0.2, 0.25) is 10.0 Å². The number of nitrogens with zero attached hydrogens (tertiary/aromatic N) is 1. The zero-order chi connectivity index (χ0) is 18.8. The van der Waals surface area contributed by atoms with Gasteiger partial charge in [-0.1, -0.05) is 75.8 Å². The number of aromatic hydroxyl groups is 1. The quantitative estimate of drug-likeness (QED) is 0.343. The van der Waals surface area contributed by atoms with E-state index in [4.69, 9.17) is 0 Å². The minimum atomic E-state index is -3.44. The van der Waals surface area contributed by atoms with Gasteiger partial charge in [0.25, 0.3) is 0 Å². The number of nitrogens with one attached hydrogen (secondary N) is 1. The van der Waals surface area contributed by atoms with Crippen LogP contribution in [0.1, 0.15) is 57.4 Å². The van der Waals surface area contributed by atoms with Gasteiger partial charge in [-0.2, -0.15) is 5.10 Å². The lowest BCUT2D eigenvalue weighted by Gasteiger charge is -2.06. The minimum absolute atomic E-state index is 0.0683. The highest BCUT2D eigenvalue weighted by Crippen LogP contribution is 2.25. The summed E-state index contributed by atoms with van der Waals surface area (Å²) in [6.07, 6.45) is 8.83. The Morgan fingerprint density at radius 2 is 1.69 bits per heavy atom. The van der Waals surface area contributed by atoms with E-state index in [-0.39, 0.29) is 11.5 Å². The van der Waals surface area contributed by atoms with Crippen LogP contribution in [0.15, 0.2) is 41.5 Å². The normalized spacial score (nSPS) is 12.0. The van der Waals surface area contributed by atoms with Crippen LogP contribution in [0.3, 0.4) is 0 Å². The molecule has 26 heavy (non-hydrogen) atoms.